The maximum atomic E-state index is 12.5. The molecular formula is C22H31ClN4O. The van der Waals surface area contributed by atoms with Gasteiger partial charge in [0, 0.05) is 19.1 Å². The summed E-state index contributed by atoms with van der Waals surface area (Å²) in [7, 11) is 0. The maximum Gasteiger partial charge on any atom is 0.288 e. The van der Waals surface area contributed by atoms with Crippen molar-refractivity contribution >= 4 is 17.3 Å². The van der Waals surface area contributed by atoms with Crippen LogP contribution < -0.4 is 10.9 Å². The number of nitrogens with one attached hydrogen (secondary N) is 1. The third-order valence-electron chi connectivity index (χ3n) is 5.46. The molecule has 152 valence electrons. The SMILES string of the molecule is CC1CCCCN1Cc1ccccc1CNc1cnn(C(C)(C)C)c(=O)c1Cl. The van der Waals surface area contributed by atoms with Gasteiger partial charge in [0.1, 0.15) is 5.02 Å². The molecule has 1 saturated heterocycles. The number of halogens is 1. The van der Waals surface area contributed by atoms with Crippen molar-refractivity contribution in [1.82, 2.24) is 14.7 Å². The standard InChI is InChI=1S/C22H31ClN4O/c1-16-9-7-8-12-26(16)15-18-11-6-5-10-17(18)13-24-19-14-25-27(22(2,3)4)21(28)20(19)23/h5-6,10-11,14,16,24H,7-9,12-13,15H2,1-4H3. The van der Waals surface area contributed by atoms with E-state index in [1.807, 2.05) is 20.8 Å². The minimum atomic E-state index is -0.406. The molecule has 0 bridgehead atoms. The van der Waals surface area contributed by atoms with Crippen molar-refractivity contribution in [2.45, 2.75) is 71.6 Å². The Labute approximate surface area is 172 Å². The van der Waals surface area contributed by atoms with E-state index in [1.165, 1.54) is 35.1 Å². The summed E-state index contributed by atoms with van der Waals surface area (Å²) in [5, 5.41) is 7.80. The number of hydrogen-bond acceptors (Lipinski definition) is 4. The lowest BCUT2D eigenvalue weighted by atomic mass is 10.0. The molecule has 0 spiro atoms. The van der Waals surface area contributed by atoms with Crippen molar-refractivity contribution in [2.24, 2.45) is 0 Å². The number of hydrogen-bond donors (Lipinski definition) is 1. The fourth-order valence-corrected chi connectivity index (χ4v) is 3.92. The minimum absolute atomic E-state index is 0.187. The van der Waals surface area contributed by atoms with Gasteiger partial charge in [-0.05, 0) is 58.2 Å². The molecule has 3 rings (SSSR count). The van der Waals surface area contributed by atoms with Gasteiger partial charge >= 0.3 is 0 Å². The molecule has 1 atom stereocenters. The lowest BCUT2D eigenvalue weighted by Crippen LogP contribution is -2.37. The predicted octanol–water partition coefficient (Wildman–Crippen LogP) is 4.64. The second-order valence-electron chi connectivity index (χ2n) is 8.70. The Morgan fingerprint density at radius 1 is 1.21 bits per heavy atom. The third-order valence-corrected chi connectivity index (χ3v) is 5.82. The van der Waals surface area contributed by atoms with E-state index in [9.17, 15) is 4.79 Å². The zero-order valence-electron chi connectivity index (χ0n) is 17.3. The summed E-state index contributed by atoms with van der Waals surface area (Å²) in [5.41, 5.74) is 2.44. The summed E-state index contributed by atoms with van der Waals surface area (Å²) in [5.74, 6) is 0. The highest BCUT2D eigenvalue weighted by Gasteiger charge is 2.21. The van der Waals surface area contributed by atoms with Crippen molar-refractivity contribution in [3.63, 3.8) is 0 Å². The first-order chi connectivity index (χ1) is 13.3. The van der Waals surface area contributed by atoms with Crippen LogP contribution in [0.4, 0.5) is 5.69 Å². The van der Waals surface area contributed by atoms with E-state index in [1.54, 1.807) is 6.20 Å². The highest BCUT2D eigenvalue weighted by Crippen LogP contribution is 2.23. The Bertz CT molecular complexity index is 872. The molecule has 0 radical (unpaired) electrons. The fraction of sp³-hybridized carbons (Fsp3) is 0.545. The normalized spacial score (nSPS) is 18.2. The summed E-state index contributed by atoms with van der Waals surface area (Å²) in [6.07, 6.45) is 5.51. The van der Waals surface area contributed by atoms with Crippen LogP contribution in [0.3, 0.4) is 0 Å². The van der Waals surface area contributed by atoms with Crippen LogP contribution in [-0.2, 0) is 18.6 Å². The fourth-order valence-electron chi connectivity index (χ4n) is 3.72. The first kappa shape index (κ1) is 20.9. The van der Waals surface area contributed by atoms with Crippen LogP contribution in [0.15, 0.2) is 35.3 Å². The van der Waals surface area contributed by atoms with E-state index in [-0.39, 0.29) is 10.6 Å². The zero-order valence-corrected chi connectivity index (χ0v) is 18.1. The van der Waals surface area contributed by atoms with E-state index in [0.29, 0.717) is 18.3 Å². The molecule has 1 aromatic heterocycles. The highest BCUT2D eigenvalue weighted by atomic mass is 35.5. The maximum absolute atomic E-state index is 12.5. The second-order valence-corrected chi connectivity index (χ2v) is 9.08. The van der Waals surface area contributed by atoms with Crippen molar-refractivity contribution in [3.05, 3.63) is 57.0 Å². The van der Waals surface area contributed by atoms with Gasteiger partial charge < -0.3 is 5.32 Å². The number of piperidine rings is 1. The second kappa shape index (κ2) is 8.66. The van der Waals surface area contributed by atoms with Crippen LogP contribution in [0.2, 0.25) is 5.02 Å². The van der Waals surface area contributed by atoms with Gasteiger partial charge in [-0.15, -0.1) is 0 Å². The zero-order chi connectivity index (χ0) is 20.3. The van der Waals surface area contributed by atoms with E-state index >= 15 is 0 Å². The summed E-state index contributed by atoms with van der Waals surface area (Å²) in [6.45, 7) is 10.8. The Morgan fingerprint density at radius 2 is 1.93 bits per heavy atom. The summed E-state index contributed by atoms with van der Waals surface area (Å²) in [4.78, 5) is 15.1. The summed E-state index contributed by atoms with van der Waals surface area (Å²) < 4.78 is 1.42. The molecule has 1 aliphatic heterocycles. The van der Waals surface area contributed by atoms with Crippen molar-refractivity contribution in [1.29, 1.82) is 0 Å². The van der Waals surface area contributed by atoms with Crippen molar-refractivity contribution in [3.8, 4) is 0 Å². The lowest BCUT2D eigenvalue weighted by Gasteiger charge is -2.33. The monoisotopic (exact) mass is 402 g/mol. The largest absolute Gasteiger partial charge is 0.378 e. The van der Waals surface area contributed by atoms with Crippen LogP contribution in [0.1, 0.15) is 58.1 Å². The average molecular weight is 403 g/mol. The number of likely N-dealkylation sites (tertiary alicyclic amines) is 1. The molecule has 2 heterocycles. The van der Waals surface area contributed by atoms with Crippen LogP contribution in [0.5, 0.6) is 0 Å². The van der Waals surface area contributed by atoms with Gasteiger partial charge in [-0.3, -0.25) is 9.69 Å². The predicted molar refractivity (Wildman–Crippen MR) is 116 cm³/mol. The van der Waals surface area contributed by atoms with Crippen LogP contribution in [-0.4, -0.2) is 27.3 Å². The molecule has 1 fully saturated rings. The third kappa shape index (κ3) is 4.76. The Balaban J connectivity index is 1.75. The van der Waals surface area contributed by atoms with Crippen LogP contribution in [0, 0.1) is 0 Å². The first-order valence-corrected chi connectivity index (χ1v) is 10.5. The van der Waals surface area contributed by atoms with Gasteiger partial charge in [-0.2, -0.15) is 5.10 Å². The summed E-state index contributed by atoms with van der Waals surface area (Å²) in [6, 6.07) is 9.09. The Kier molecular flexibility index (Phi) is 6.46. The molecule has 1 aromatic carbocycles. The molecule has 5 nitrogen and oxygen atoms in total. The summed E-state index contributed by atoms with van der Waals surface area (Å²) >= 11 is 6.34. The molecule has 1 unspecified atom stereocenters. The van der Waals surface area contributed by atoms with E-state index < -0.39 is 5.54 Å². The molecule has 2 aromatic rings. The van der Waals surface area contributed by atoms with Crippen molar-refractivity contribution < 1.29 is 0 Å². The number of benzene rings is 1. The quantitative estimate of drug-likeness (QED) is 0.791. The van der Waals surface area contributed by atoms with Crippen molar-refractivity contribution in [2.75, 3.05) is 11.9 Å². The topological polar surface area (TPSA) is 50.2 Å². The first-order valence-electron chi connectivity index (χ1n) is 10.1. The molecule has 0 amide bonds. The van der Waals surface area contributed by atoms with Crippen LogP contribution >= 0.6 is 11.6 Å². The van der Waals surface area contributed by atoms with E-state index in [2.05, 4.69) is 46.5 Å². The smallest absolute Gasteiger partial charge is 0.288 e. The highest BCUT2D eigenvalue weighted by molar-refractivity contribution is 6.32. The Morgan fingerprint density at radius 3 is 2.61 bits per heavy atom. The lowest BCUT2D eigenvalue weighted by molar-refractivity contribution is 0.152. The molecular weight excluding hydrogens is 372 g/mol. The van der Waals surface area contributed by atoms with Gasteiger partial charge in [-0.25, -0.2) is 4.68 Å². The molecule has 0 saturated carbocycles. The number of rotatable bonds is 5. The number of aromatic nitrogens is 2. The van der Waals surface area contributed by atoms with Gasteiger partial charge in [0.2, 0.25) is 0 Å². The van der Waals surface area contributed by atoms with Gasteiger partial charge in [0.05, 0.1) is 17.4 Å². The average Bonchev–Trinajstić information content (AvgIpc) is 2.65. The van der Waals surface area contributed by atoms with Crippen LogP contribution in [0.25, 0.3) is 0 Å². The molecule has 1 N–H and O–H groups in total. The molecule has 0 aliphatic carbocycles. The molecule has 28 heavy (non-hydrogen) atoms. The van der Waals surface area contributed by atoms with E-state index in [4.69, 9.17) is 11.6 Å². The van der Waals surface area contributed by atoms with Gasteiger partial charge in [0.15, 0.2) is 0 Å². The number of anilines is 1. The molecule has 6 heteroatoms. The van der Waals surface area contributed by atoms with E-state index in [0.717, 1.165) is 13.1 Å². The minimum Gasteiger partial charge on any atom is -0.378 e. The van der Waals surface area contributed by atoms with Gasteiger partial charge in [0.25, 0.3) is 5.56 Å². The number of nitrogens with zero attached hydrogens (tertiary/aromatic N) is 3. The molecule has 1 aliphatic rings. The Hall–Kier alpha value is -1.85. The van der Waals surface area contributed by atoms with Gasteiger partial charge in [-0.1, -0.05) is 42.3 Å².